The first-order chi connectivity index (χ1) is 3.72. The van der Waals surface area contributed by atoms with Crippen molar-refractivity contribution in [2.75, 3.05) is 5.88 Å². The molecule has 0 fully saturated rings. The van der Waals surface area contributed by atoms with Crippen LogP contribution >= 0.6 is 11.6 Å². The van der Waals surface area contributed by atoms with Crippen molar-refractivity contribution in [3.63, 3.8) is 0 Å². The van der Waals surface area contributed by atoms with Gasteiger partial charge in [-0.1, -0.05) is 13.8 Å². The monoisotopic (exact) mass is 134 g/mol. The normalized spacial score (nSPS) is 13.4. The summed E-state index contributed by atoms with van der Waals surface area (Å²) < 4.78 is 0. The van der Waals surface area contributed by atoms with Crippen LogP contribution in [0.2, 0.25) is 0 Å². The van der Waals surface area contributed by atoms with Crippen molar-refractivity contribution in [3.8, 4) is 0 Å². The molecule has 1 unspecified atom stereocenters. The van der Waals surface area contributed by atoms with Crippen molar-refractivity contribution < 1.29 is 4.79 Å². The van der Waals surface area contributed by atoms with E-state index in [1.54, 1.807) is 0 Å². The van der Waals surface area contributed by atoms with E-state index in [0.29, 0.717) is 0 Å². The molecule has 0 aromatic rings. The summed E-state index contributed by atoms with van der Waals surface area (Å²) in [6.07, 6.45) is 0.894. The molecule has 48 valence electrons. The predicted molar refractivity (Wildman–Crippen MR) is 35.2 cm³/mol. The van der Waals surface area contributed by atoms with Crippen LogP contribution in [0.1, 0.15) is 20.3 Å². The van der Waals surface area contributed by atoms with Crippen LogP contribution in [0, 0.1) is 5.92 Å². The second-order valence-corrected chi connectivity index (χ2v) is 2.18. The number of carbonyl (C=O) groups excluding carboxylic acids is 1. The third-order valence-corrected chi connectivity index (χ3v) is 1.56. The number of carbonyl (C=O) groups is 1. The summed E-state index contributed by atoms with van der Waals surface area (Å²) in [6.45, 7) is 3.87. The van der Waals surface area contributed by atoms with Crippen LogP contribution in [0.4, 0.5) is 0 Å². The molecule has 1 atom stereocenters. The van der Waals surface area contributed by atoms with E-state index in [-0.39, 0.29) is 17.6 Å². The van der Waals surface area contributed by atoms with Gasteiger partial charge in [0.05, 0.1) is 5.88 Å². The molecule has 0 rings (SSSR count). The lowest BCUT2D eigenvalue weighted by atomic mass is 10.1. The number of alkyl halides is 1. The topological polar surface area (TPSA) is 17.1 Å². The van der Waals surface area contributed by atoms with E-state index in [1.165, 1.54) is 0 Å². The Morgan fingerprint density at radius 1 is 1.75 bits per heavy atom. The molecule has 0 aromatic carbocycles. The fourth-order valence-corrected chi connectivity index (χ4v) is 0.623. The molecule has 0 aromatic heterocycles. The molecule has 0 heterocycles. The second-order valence-electron chi connectivity index (χ2n) is 1.91. The van der Waals surface area contributed by atoms with Gasteiger partial charge >= 0.3 is 0 Å². The van der Waals surface area contributed by atoms with Gasteiger partial charge in [0, 0.05) is 5.92 Å². The quantitative estimate of drug-likeness (QED) is 0.539. The highest BCUT2D eigenvalue weighted by Crippen LogP contribution is 2.02. The molecule has 2 heteroatoms. The second kappa shape index (κ2) is 3.90. The molecule has 1 nitrogen and oxygen atoms in total. The SMILES string of the molecule is CCC(C)C(=O)CCl. The summed E-state index contributed by atoms with van der Waals surface area (Å²) in [5.74, 6) is 0.455. The molecule has 0 saturated heterocycles. The number of hydrogen-bond donors (Lipinski definition) is 0. The van der Waals surface area contributed by atoms with Gasteiger partial charge in [-0.3, -0.25) is 4.79 Å². The molecular weight excluding hydrogens is 124 g/mol. The first kappa shape index (κ1) is 7.96. The Labute approximate surface area is 55.0 Å². The predicted octanol–water partition coefficient (Wildman–Crippen LogP) is 1.84. The molecule has 0 aliphatic heterocycles. The van der Waals surface area contributed by atoms with Gasteiger partial charge in [-0.05, 0) is 6.42 Å². The first-order valence-electron chi connectivity index (χ1n) is 2.81. The van der Waals surface area contributed by atoms with Gasteiger partial charge in [0.2, 0.25) is 0 Å². The van der Waals surface area contributed by atoms with Gasteiger partial charge in [-0.15, -0.1) is 11.6 Å². The minimum atomic E-state index is 0.146. The summed E-state index contributed by atoms with van der Waals surface area (Å²) >= 11 is 5.28. The number of ketones is 1. The minimum absolute atomic E-state index is 0.146. The molecule has 0 N–H and O–H groups in total. The maximum atomic E-state index is 10.6. The van der Waals surface area contributed by atoms with Gasteiger partial charge in [0.15, 0.2) is 0 Å². The first-order valence-corrected chi connectivity index (χ1v) is 3.34. The fourth-order valence-electron chi connectivity index (χ4n) is 0.359. The number of hydrogen-bond acceptors (Lipinski definition) is 1. The molecule has 0 spiro atoms. The Morgan fingerprint density at radius 2 is 2.25 bits per heavy atom. The zero-order chi connectivity index (χ0) is 6.57. The summed E-state index contributed by atoms with van der Waals surface area (Å²) in [5.41, 5.74) is 0. The largest absolute Gasteiger partial charge is 0.298 e. The van der Waals surface area contributed by atoms with E-state index in [9.17, 15) is 4.79 Å². The van der Waals surface area contributed by atoms with Crippen molar-refractivity contribution in [2.24, 2.45) is 5.92 Å². The summed E-state index contributed by atoms with van der Waals surface area (Å²) in [6, 6.07) is 0. The lowest BCUT2D eigenvalue weighted by Crippen LogP contribution is -2.10. The Kier molecular flexibility index (Phi) is 3.88. The Balaban J connectivity index is 3.46. The van der Waals surface area contributed by atoms with Crippen molar-refractivity contribution in [1.29, 1.82) is 0 Å². The molecule has 0 bridgehead atoms. The van der Waals surface area contributed by atoms with E-state index in [4.69, 9.17) is 11.6 Å². The Bertz CT molecular complexity index is 80.6. The van der Waals surface area contributed by atoms with Gasteiger partial charge in [-0.2, -0.15) is 0 Å². The molecule has 0 aliphatic carbocycles. The van der Waals surface area contributed by atoms with Crippen LogP contribution in [0.5, 0.6) is 0 Å². The smallest absolute Gasteiger partial charge is 0.150 e. The summed E-state index contributed by atoms with van der Waals surface area (Å²) in [5, 5.41) is 0. The number of halogens is 1. The zero-order valence-electron chi connectivity index (χ0n) is 5.28. The van der Waals surface area contributed by atoms with E-state index in [1.807, 2.05) is 13.8 Å². The molecule has 0 aliphatic rings. The molecular formula is C6H11ClO. The van der Waals surface area contributed by atoms with Crippen molar-refractivity contribution in [3.05, 3.63) is 0 Å². The highest BCUT2D eigenvalue weighted by Gasteiger charge is 2.06. The van der Waals surface area contributed by atoms with Gasteiger partial charge in [-0.25, -0.2) is 0 Å². The third kappa shape index (κ3) is 2.31. The van der Waals surface area contributed by atoms with Crippen LogP contribution in [0.3, 0.4) is 0 Å². The van der Waals surface area contributed by atoms with Gasteiger partial charge < -0.3 is 0 Å². The number of Topliss-reactive ketones (excluding diaryl/α,β-unsaturated/α-hetero) is 1. The van der Waals surface area contributed by atoms with Crippen LogP contribution in [-0.4, -0.2) is 11.7 Å². The summed E-state index contributed by atoms with van der Waals surface area (Å²) in [7, 11) is 0. The van der Waals surface area contributed by atoms with Crippen molar-refractivity contribution in [1.82, 2.24) is 0 Å². The molecule has 0 saturated carbocycles. The van der Waals surface area contributed by atoms with Gasteiger partial charge in [0.1, 0.15) is 5.78 Å². The average molecular weight is 135 g/mol. The van der Waals surface area contributed by atoms with Crippen molar-refractivity contribution in [2.45, 2.75) is 20.3 Å². The van der Waals surface area contributed by atoms with Crippen molar-refractivity contribution >= 4 is 17.4 Å². The maximum Gasteiger partial charge on any atom is 0.150 e. The summed E-state index contributed by atoms with van der Waals surface area (Å²) in [4.78, 5) is 10.6. The van der Waals surface area contributed by atoms with Crippen LogP contribution in [-0.2, 0) is 4.79 Å². The Hall–Kier alpha value is -0.0400. The van der Waals surface area contributed by atoms with Gasteiger partial charge in [0.25, 0.3) is 0 Å². The van der Waals surface area contributed by atoms with Crippen LogP contribution < -0.4 is 0 Å². The zero-order valence-corrected chi connectivity index (χ0v) is 6.03. The van der Waals surface area contributed by atoms with E-state index >= 15 is 0 Å². The fraction of sp³-hybridized carbons (Fsp3) is 0.833. The third-order valence-electron chi connectivity index (χ3n) is 1.29. The lowest BCUT2D eigenvalue weighted by molar-refractivity contribution is -0.119. The van der Waals surface area contributed by atoms with E-state index < -0.39 is 0 Å². The van der Waals surface area contributed by atoms with E-state index in [2.05, 4.69) is 0 Å². The highest BCUT2D eigenvalue weighted by atomic mass is 35.5. The van der Waals surface area contributed by atoms with Crippen LogP contribution in [0.25, 0.3) is 0 Å². The average Bonchev–Trinajstić information content (AvgIpc) is 1.84. The standard InChI is InChI=1S/C6H11ClO/c1-3-5(2)6(8)4-7/h5H,3-4H2,1-2H3. The van der Waals surface area contributed by atoms with E-state index in [0.717, 1.165) is 6.42 Å². The highest BCUT2D eigenvalue weighted by molar-refractivity contribution is 6.27. The Morgan fingerprint density at radius 3 is 2.38 bits per heavy atom. The number of rotatable bonds is 3. The molecule has 8 heavy (non-hydrogen) atoms. The molecule has 0 radical (unpaired) electrons. The maximum absolute atomic E-state index is 10.6. The van der Waals surface area contributed by atoms with Crippen LogP contribution in [0.15, 0.2) is 0 Å². The lowest BCUT2D eigenvalue weighted by Gasteiger charge is -2.01. The molecule has 0 amide bonds. The minimum Gasteiger partial charge on any atom is -0.298 e.